The molecule has 0 bridgehead atoms. The van der Waals surface area contributed by atoms with E-state index in [4.69, 9.17) is 4.74 Å². The maximum absolute atomic E-state index is 12.3. The lowest BCUT2D eigenvalue weighted by molar-refractivity contribution is -0.132. The van der Waals surface area contributed by atoms with Crippen LogP contribution in [-0.4, -0.2) is 86.5 Å². The van der Waals surface area contributed by atoms with Crippen molar-refractivity contribution in [2.24, 2.45) is 5.92 Å². The number of hydrogen-bond donors (Lipinski definition) is 0. The zero-order valence-electron chi connectivity index (χ0n) is 13.2. The first-order valence-corrected chi connectivity index (χ1v) is 7.84. The Kier molecular flexibility index (Phi) is 5.99. The molecule has 1 atom stereocenters. The Balaban J connectivity index is 1.81. The lowest BCUT2D eigenvalue weighted by Gasteiger charge is -2.24. The smallest absolute Gasteiger partial charge is 0.224 e. The van der Waals surface area contributed by atoms with Crippen molar-refractivity contribution in [1.82, 2.24) is 14.7 Å². The molecule has 120 valence electrons. The van der Waals surface area contributed by atoms with E-state index >= 15 is 0 Å². The van der Waals surface area contributed by atoms with E-state index in [2.05, 4.69) is 4.90 Å². The Bertz CT molecular complexity index is 367. The van der Waals surface area contributed by atoms with Gasteiger partial charge in [-0.2, -0.15) is 0 Å². The molecule has 0 aromatic heterocycles. The molecule has 6 heteroatoms. The van der Waals surface area contributed by atoms with Crippen LogP contribution in [0.2, 0.25) is 0 Å². The number of amides is 2. The van der Waals surface area contributed by atoms with Crippen LogP contribution < -0.4 is 0 Å². The van der Waals surface area contributed by atoms with Crippen molar-refractivity contribution >= 4 is 11.8 Å². The molecule has 0 radical (unpaired) electrons. The lowest BCUT2D eigenvalue weighted by atomic mass is 10.0. The summed E-state index contributed by atoms with van der Waals surface area (Å²) in [5.41, 5.74) is 0. The van der Waals surface area contributed by atoms with Gasteiger partial charge in [0.1, 0.15) is 0 Å². The lowest BCUT2D eigenvalue weighted by Crippen LogP contribution is -2.39. The summed E-state index contributed by atoms with van der Waals surface area (Å²) >= 11 is 0. The summed E-state index contributed by atoms with van der Waals surface area (Å²) in [5.74, 6) is 0.699. The van der Waals surface area contributed by atoms with Crippen LogP contribution in [0.4, 0.5) is 0 Å². The topological polar surface area (TPSA) is 53.1 Å². The van der Waals surface area contributed by atoms with Crippen molar-refractivity contribution in [3.8, 4) is 0 Å². The number of ether oxygens (including phenoxy) is 1. The van der Waals surface area contributed by atoms with Crippen molar-refractivity contribution in [2.45, 2.75) is 19.3 Å². The van der Waals surface area contributed by atoms with E-state index in [1.165, 1.54) is 0 Å². The number of rotatable bonds is 5. The number of likely N-dealkylation sites (N-methyl/N-ethyl adjacent to an activating group) is 1. The van der Waals surface area contributed by atoms with E-state index < -0.39 is 0 Å². The Morgan fingerprint density at radius 1 is 1.33 bits per heavy atom. The minimum Gasteiger partial charge on any atom is -0.381 e. The van der Waals surface area contributed by atoms with Crippen molar-refractivity contribution in [3.63, 3.8) is 0 Å². The molecule has 2 aliphatic rings. The molecule has 0 spiro atoms. The molecule has 0 aromatic carbocycles. The second-order valence-corrected chi connectivity index (χ2v) is 6.25. The highest BCUT2D eigenvalue weighted by Gasteiger charge is 2.26. The molecule has 2 saturated heterocycles. The Morgan fingerprint density at radius 3 is 2.81 bits per heavy atom. The minimum atomic E-state index is 0.163. The van der Waals surface area contributed by atoms with Crippen LogP contribution in [0, 0.1) is 5.92 Å². The first-order valence-electron chi connectivity index (χ1n) is 7.84. The van der Waals surface area contributed by atoms with Crippen LogP contribution in [0.1, 0.15) is 19.3 Å². The van der Waals surface area contributed by atoms with Gasteiger partial charge in [-0.1, -0.05) is 0 Å². The molecule has 6 nitrogen and oxygen atoms in total. The van der Waals surface area contributed by atoms with Gasteiger partial charge in [0.2, 0.25) is 11.8 Å². The Labute approximate surface area is 127 Å². The van der Waals surface area contributed by atoms with E-state index in [1.54, 1.807) is 0 Å². The summed E-state index contributed by atoms with van der Waals surface area (Å²) in [6.45, 7) is 4.94. The van der Waals surface area contributed by atoms with E-state index in [0.717, 1.165) is 26.1 Å². The van der Waals surface area contributed by atoms with Gasteiger partial charge in [0.05, 0.1) is 0 Å². The third kappa shape index (κ3) is 4.97. The van der Waals surface area contributed by atoms with Crippen molar-refractivity contribution in [2.75, 3.05) is 60.0 Å². The largest absolute Gasteiger partial charge is 0.381 e. The molecule has 0 unspecified atom stereocenters. The van der Waals surface area contributed by atoms with Crippen LogP contribution >= 0.6 is 0 Å². The molecule has 2 heterocycles. The zero-order chi connectivity index (χ0) is 15.2. The molecular formula is C15H27N3O3. The third-order valence-electron chi connectivity index (χ3n) is 4.25. The number of hydrogen-bond acceptors (Lipinski definition) is 4. The van der Waals surface area contributed by atoms with Crippen molar-refractivity contribution < 1.29 is 14.3 Å². The maximum Gasteiger partial charge on any atom is 0.224 e. The summed E-state index contributed by atoms with van der Waals surface area (Å²) in [5, 5.41) is 0. The standard InChI is InChI=1S/C15H27N3O3/c1-16(2)6-7-18-9-8-17(5-3-14(18)19)15(20)11-13-4-10-21-12-13/h13H,3-12H2,1-2H3/t13-/m1/s1. The average Bonchev–Trinajstić information content (AvgIpc) is 2.86. The van der Waals surface area contributed by atoms with Gasteiger partial charge in [-0.05, 0) is 26.4 Å². The number of carbonyl (C=O) groups is 2. The fraction of sp³-hybridized carbons (Fsp3) is 0.867. The maximum atomic E-state index is 12.3. The van der Waals surface area contributed by atoms with Gasteiger partial charge in [0.25, 0.3) is 0 Å². The van der Waals surface area contributed by atoms with Gasteiger partial charge in [-0.3, -0.25) is 9.59 Å². The normalized spacial score (nSPS) is 23.8. The number of nitrogens with zero attached hydrogens (tertiary/aromatic N) is 3. The van der Waals surface area contributed by atoms with Gasteiger partial charge in [-0.25, -0.2) is 0 Å². The van der Waals surface area contributed by atoms with E-state index in [-0.39, 0.29) is 11.8 Å². The highest BCUT2D eigenvalue weighted by molar-refractivity contribution is 5.80. The molecular weight excluding hydrogens is 270 g/mol. The third-order valence-corrected chi connectivity index (χ3v) is 4.25. The molecule has 2 amide bonds. The van der Waals surface area contributed by atoms with Crippen LogP contribution in [0.5, 0.6) is 0 Å². The SMILES string of the molecule is CN(C)CCN1CCN(C(=O)C[C@H]2CCOC2)CCC1=O. The van der Waals surface area contributed by atoms with E-state index in [0.29, 0.717) is 45.0 Å². The fourth-order valence-electron chi connectivity index (χ4n) is 2.79. The predicted molar refractivity (Wildman–Crippen MR) is 79.9 cm³/mol. The summed E-state index contributed by atoms with van der Waals surface area (Å²) in [6.07, 6.45) is 1.99. The van der Waals surface area contributed by atoms with Crippen LogP contribution in [0.15, 0.2) is 0 Å². The summed E-state index contributed by atoms with van der Waals surface area (Å²) in [4.78, 5) is 30.2. The van der Waals surface area contributed by atoms with E-state index in [9.17, 15) is 9.59 Å². The summed E-state index contributed by atoms with van der Waals surface area (Å²) in [7, 11) is 4.00. The highest BCUT2D eigenvalue weighted by Crippen LogP contribution is 2.18. The monoisotopic (exact) mass is 297 g/mol. The molecule has 2 aliphatic heterocycles. The molecule has 0 aromatic rings. The zero-order valence-corrected chi connectivity index (χ0v) is 13.2. The van der Waals surface area contributed by atoms with Gasteiger partial charge >= 0.3 is 0 Å². The molecule has 0 N–H and O–H groups in total. The van der Waals surface area contributed by atoms with Gasteiger partial charge in [-0.15, -0.1) is 0 Å². The van der Waals surface area contributed by atoms with Crippen molar-refractivity contribution in [1.29, 1.82) is 0 Å². The van der Waals surface area contributed by atoms with Gasteiger partial charge in [0.15, 0.2) is 0 Å². The average molecular weight is 297 g/mol. The van der Waals surface area contributed by atoms with Gasteiger partial charge in [0, 0.05) is 58.8 Å². The molecule has 21 heavy (non-hydrogen) atoms. The number of carbonyl (C=O) groups excluding carboxylic acids is 2. The minimum absolute atomic E-state index is 0.163. The fourth-order valence-corrected chi connectivity index (χ4v) is 2.79. The van der Waals surface area contributed by atoms with Gasteiger partial charge < -0.3 is 19.4 Å². The van der Waals surface area contributed by atoms with Crippen molar-refractivity contribution in [3.05, 3.63) is 0 Å². The second-order valence-electron chi connectivity index (χ2n) is 6.25. The van der Waals surface area contributed by atoms with E-state index in [1.807, 2.05) is 23.9 Å². The summed E-state index contributed by atoms with van der Waals surface area (Å²) in [6, 6.07) is 0. The van der Waals surface area contributed by atoms with Crippen LogP contribution in [-0.2, 0) is 14.3 Å². The Morgan fingerprint density at radius 2 is 2.14 bits per heavy atom. The quantitative estimate of drug-likeness (QED) is 0.719. The van der Waals surface area contributed by atoms with Crippen LogP contribution in [0.3, 0.4) is 0 Å². The molecule has 0 saturated carbocycles. The van der Waals surface area contributed by atoms with Crippen LogP contribution in [0.25, 0.3) is 0 Å². The highest BCUT2D eigenvalue weighted by atomic mass is 16.5. The molecule has 2 rings (SSSR count). The summed E-state index contributed by atoms with van der Waals surface area (Å²) < 4.78 is 5.32. The first kappa shape index (κ1) is 16.2. The Hall–Kier alpha value is -1.14. The molecule has 0 aliphatic carbocycles. The second kappa shape index (κ2) is 7.75. The first-order chi connectivity index (χ1) is 10.1. The molecule has 2 fully saturated rings. The predicted octanol–water partition coefficient (Wildman–Crippen LogP) is 0.0355.